The zero-order valence-electron chi connectivity index (χ0n) is 14.4. The molecule has 0 radical (unpaired) electrons. The molecule has 0 spiro atoms. The van der Waals surface area contributed by atoms with Crippen LogP contribution in [0.15, 0.2) is 28.9 Å². The third-order valence-electron chi connectivity index (χ3n) is 5.51. The van der Waals surface area contributed by atoms with Gasteiger partial charge in [0, 0.05) is 6.04 Å². The van der Waals surface area contributed by atoms with Crippen molar-refractivity contribution in [2.45, 2.75) is 44.2 Å². The van der Waals surface area contributed by atoms with Gasteiger partial charge < -0.3 is 14.4 Å². The summed E-state index contributed by atoms with van der Waals surface area (Å²) in [5.74, 6) is -3.54. The minimum absolute atomic E-state index is 0.148. The summed E-state index contributed by atoms with van der Waals surface area (Å²) in [7, 11) is 0. The minimum atomic E-state index is -1.05. The van der Waals surface area contributed by atoms with Crippen LogP contribution >= 0.6 is 0 Å². The average Bonchev–Trinajstić information content (AvgIpc) is 3.26. The summed E-state index contributed by atoms with van der Waals surface area (Å²) < 4.78 is 33.0. The van der Waals surface area contributed by atoms with Gasteiger partial charge in [-0.15, -0.1) is 0 Å². The highest BCUT2D eigenvalue weighted by Crippen LogP contribution is 2.40. The number of amides is 1. The lowest BCUT2D eigenvalue weighted by atomic mass is 9.84. The number of aromatic nitrogens is 1. The number of nitrogens with zero attached hydrogens (tertiary/aromatic N) is 2. The van der Waals surface area contributed by atoms with Crippen molar-refractivity contribution in [3.63, 3.8) is 0 Å². The lowest BCUT2D eigenvalue weighted by Crippen LogP contribution is -2.46. The van der Waals surface area contributed by atoms with Crippen molar-refractivity contribution < 1.29 is 27.9 Å². The molecule has 3 atom stereocenters. The highest BCUT2D eigenvalue weighted by Gasteiger charge is 2.48. The Bertz CT molecular complexity index is 877. The molecule has 1 saturated carbocycles. The Kier molecular flexibility index (Phi) is 4.41. The van der Waals surface area contributed by atoms with Gasteiger partial charge in [-0.25, -0.2) is 18.6 Å². The summed E-state index contributed by atoms with van der Waals surface area (Å²) in [6.07, 6.45) is 5.03. The molecule has 1 aromatic carbocycles. The van der Waals surface area contributed by atoms with E-state index in [0.717, 1.165) is 44.1 Å². The quantitative estimate of drug-likeness (QED) is 0.887. The van der Waals surface area contributed by atoms with E-state index in [-0.39, 0.29) is 23.5 Å². The van der Waals surface area contributed by atoms with E-state index >= 15 is 0 Å². The Balaban J connectivity index is 1.66. The molecule has 1 amide bonds. The number of fused-ring (bicyclic) bond motifs is 1. The molecule has 4 rings (SSSR count). The van der Waals surface area contributed by atoms with Crippen molar-refractivity contribution in [1.82, 2.24) is 9.88 Å². The Morgan fingerprint density at radius 2 is 1.89 bits per heavy atom. The number of hydrogen-bond acceptors (Lipinski definition) is 4. The van der Waals surface area contributed by atoms with Crippen LogP contribution in [0.3, 0.4) is 0 Å². The molecule has 1 saturated heterocycles. The second kappa shape index (κ2) is 6.75. The number of oxazole rings is 1. The van der Waals surface area contributed by atoms with Gasteiger partial charge in [-0.1, -0.05) is 18.9 Å². The van der Waals surface area contributed by atoms with Gasteiger partial charge in [-0.2, -0.15) is 0 Å². The van der Waals surface area contributed by atoms with Crippen molar-refractivity contribution in [3.05, 3.63) is 41.8 Å². The van der Waals surface area contributed by atoms with Crippen LogP contribution in [0.5, 0.6) is 0 Å². The fourth-order valence-corrected chi connectivity index (χ4v) is 4.29. The Morgan fingerprint density at radius 3 is 2.59 bits per heavy atom. The largest absolute Gasteiger partial charge is 0.480 e. The number of hydrogen-bond donors (Lipinski definition) is 1. The van der Waals surface area contributed by atoms with E-state index in [0.29, 0.717) is 6.42 Å². The smallest absolute Gasteiger partial charge is 0.326 e. The van der Waals surface area contributed by atoms with Crippen LogP contribution in [-0.2, 0) is 4.79 Å². The maximum atomic E-state index is 13.9. The fraction of sp³-hybridized carbons (Fsp3) is 0.421. The number of carbonyl (C=O) groups excluding carboxylic acids is 1. The van der Waals surface area contributed by atoms with Crippen molar-refractivity contribution in [2.24, 2.45) is 5.92 Å². The first-order valence-corrected chi connectivity index (χ1v) is 8.92. The van der Waals surface area contributed by atoms with E-state index in [2.05, 4.69) is 4.98 Å². The molecule has 2 aromatic rings. The van der Waals surface area contributed by atoms with Crippen LogP contribution in [0.4, 0.5) is 8.78 Å². The lowest BCUT2D eigenvalue weighted by Gasteiger charge is -2.32. The Morgan fingerprint density at radius 1 is 1.19 bits per heavy atom. The van der Waals surface area contributed by atoms with Crippen LogP contribution in [0, 0.1) is 17.6 Å². The van der Waals surface area contributed by atoms with E-state index in [9.17, 15) is 23.5 Å². The molecule has 142 valence electrons. The van der Waals surface area contributed by atoms with Crippen molar-refractivity contribution in [1.29, 1.82) is 0 Å². The summed E-state index contributed by atoms with van der Waals surface area (Å²) in [5.41, 5.74) is -0.603. The number of carboxylic acid groups (broad SMARTS) is 1. The second-order valence-corrected chi connectivity index (χ2v) is 7.05. The first-order chi connectivity index (χ1) is 13.0. The number of halogens is 2. The van der Waals surface area contributed by atoms with E-state index in [4.69, 9.17) is 4.42 Å². The van der Waals surface area contributed by atoms with E-state index in [1.54, 1.807) is 0 Å². The van der Waals surface area contributed by atoms with Crippen LogP contribution in [0.1, 0.15) is 42.6 Å². The van der Waals surface area contributed by atoms with E-state index in [1.165, 1.54) is 11.0 Å². The SMILES string of the molecule is O=C(O)C1CC2CCCCC2N1C(=O)c1coc(-c2c(F)cccc2F)n1. The molecule has 1 N–H and O–H groups in total. The Hall–Kier alpha value is -2.77. The predicted molar refractivity (Wildman–Crippen MR) is 89.8 cm³/mol. The monoisotopic (exact) mass is 376 g/mol. The lowest BCUT2D eigenvalue weighted by molar-refractivity contribution is -0.141. The zero-order valence-corrected chi connectivity index (χ0v) is 14.4. The number of rotatable bonds is 3. The maximum Gasteiger partial charge on any atom is 0.326 e. The van der Waals surface area contributed by atoms with Gasteiger partial charge in [0.2, 0.25) is 5.89 Å². The highest BCUT2D eigenvalue weighted by atomic mass is 19.1. The number of carboxylic acids is 1. The third kappa shape index (κ3) is 2.98. The van der Waals surface area contributed by atoms with E-state index in [1.807, 2.05) is 0 Å². The summed E-state index contributed by atoms with van der Waals surface area (Å²) in [4.78, 5) is 30.0. The zero-order chi connectivity index (χ0) is 19.1. The van der Waals surface area contributed by atoms with Gasteiger partial charge in [0.25, 0.3) is 5.91 Å². The van der Waals surface area contributed by atoms with Gasteiger partial charge in [-0.05, 0) is 37.3 Å². The predicted octanol–water partition coefficient (Wildman–Crippen LogP) is 3.48. The summed E-state index contributed by atoms with van der Waals surface area (Å²) in [6.45, 7) is 0. The van der Waals surface area contributed by atoms with Crippen LogP contribution in [0.25, 0.3) is 11.5 Å². The maximum absolute atomic E-state index is 13.9. The molecule has 27 heavy (non-hydrogen) atoms. The highest BCUT2D eigenvalue weighted by molar-refractivity contribution is 5.96. The fourth-order valence-electron chi connectivity index (χ4n) is 4.29. The molecule has 2 aliphatic rings. The first-order valence-electron chi connectivity index (χ1n) is 8.92. The van der Waals surface area contributed by atoms with Crippen molar-refractivity contribution in [2.75, 3.05) is 0 Å². The molecule has 6 nitrogen and oxygen atoms in total. The molecule has 3 unspecified atom stereocenters. The standard InChI is InChI=1S/C19H18F2N2O4/c20-11-5-3-6-12(21)16(11)17-22-13(9-27-17)18(24)23-14-7-2-1-4-10(14)8-15(23)19(25)26/h3,5-6,9-10,14-15H,1-2,4,7-8H2,(H,25,26). The summed E-state index contributed by atoms with van der Waals surface area (Å²) >= 11 is 0. The van der Waals surface area contributed by atoms with Crippen LogP contribution in [0.2, 0.25) is 0 Å². The van der Waals surface area contributed by atoms with Gasteiger partial charge >= 0.3 is 5.97 Å². The number of carbonyl (C=O) groups is 2. The molecule has 0 bridgehead atoms. The Labute approximate surface area is 153 Å². The second-order valence-electron chi connectivity index (χ2n) is 7.05. The van der Waals surface area contributed by atoms with Crippen molar-refractivity contribution in [3.8, 4) is 11.5 Å². The molecule has 1 aliphatic carbocycles. The molecular formula is C19H18F2N2O4. The topological polar surface area (TPSA) is 83.6 Å². The van der Waals surface area contributed by atoms with Crippen LogP contribution in [-0.4, -0.2) is 39.0 Å². The summed E-state index contributed by atoms with van der Waals surface area (Å²) in [5, 5.41) is 9.55. The molecule has 1 aliphatic heterocycles. The molecule has 2 heterocycles. The number of benzene rings is 1. The normalized spacial score (nSPS) is 24.7. The third-order valence-corrected chi connectivity index (χ3v) is 5.51. The first kappa shape index (κ1) is 17.6. The number of aliphatic carboxylic acids is 1. The van der Waals surface area contributed by atoms with Crippen molar-refractivity contribution >= 4 is 11.9 Å². The number of likely N-dealkylation sites (tertiary alicyclic amines) is 1. The van der Waals surface area contributed by atoms with Gasteiger partial charge in [0.15, 0.2) is 5.69 Å². The molecular weight excluding hydrogens is 358 g/mol. The van der Waals surface area contributed by atoms with Gasteiger partial charge in [0.05, 0.1) is 0 Å². The molecule has 1 aromatic heterocycles. The van der Waals surface area contributed by atoms with Crippen LogP contribution < -0.4 is 0 Å². The minimum Gasteiger partial charge on any atom is -0.480 e. The average molecular weight is 376 g/mol. The van der Waals surface area contributed by atoms with Gasteiger partial charge in [-0.3, -0.25) is 4.79 Å². The molecule has 2 fully saturated rings. The summed E-state index contributed by atoms with van der Waals surface area (Å²) in [6, 6.07) is 2.28. The van der Waals surface area contributed by atoms with E-state index < -0.39 is 35.1 Å². The molecule has 8 heteroatoms. The van der Waals surface area contributed by atoms with Gasteiger partial charge in [0.1, 0.15) is 29.5 Å².